The molecule has 0 saturated carbocycles. The Bertz CT molecular complexity index is 887. The van der Waals surface area contributed by atoms with Gasteiger partial charge in [-0.1, -0.05) is 0 Å². The number of Topliss-reactive ketones (excluding diaryl/α,β-unsaturated/α-hetero) is 1. The van der Waals surface area contributed by atoms with Gasteiger partial charge in [-0.05, 0) is 48.4 Å². The fraction of sp³-hybridized carbons (Fsp3) is 0.353. The van der Waals surface area contributed by atoms with Crippen LogP contribution < -0.4 is 4.74 Å². The molecule has 0 amide bonds. The normalized spacial score (nSPS) is 11.7. The molecule has 9 nitrogen and oxygen atoms in total. The molecule has 0 spiro atoms. The van der Waals surface area contributed by atoms with E-state index in [1.807, 2.05) is 0 Å². The van der Waals surface area contributed by atoms with E-state index >= 15 is 0 Å². The summed E-state index contributed by atoms with van der Waals surface area (Å²) in [5.74, 6) is -1.56. The molecule has 0 aliphatic heterocycles. The first-order valence-corrected chi connectivity index (χ1v) is 7.77. The lowest BCUT2D eigenvalue weighted by molar-refractivity contribution is -0.390. The quantitative estimate of drug-likeness (QED) is 0.363. The van der Waals surface area contributed by atoms with Crippen LogP contribution >= 0.6 is 0 Å². The second-order valence-corrected chi connectivity index (χ2v) is 5.77. The first-order chi connectivity index (χ1) is 12.2. The molecule has 9 heteroatoms. The second kappa shape index (κ2) is 7.34. The van der Waals surface area contributed by atoms with Crippen molar-refractivity contribution in [3.63, 3.8) is 0 Å². The third-order valence-corrected chi connectivity index (χ3v) is 3.90. The van der Waals surface area contributed by atoms with Gasteiger partial charge in [-0.15, -0.1) is 0 Å². The Morgan fingerprint density at radius 3 is 2.50 bits per heavy atom. The van der Waals surface area contributed by atoms with Crippen LogP contribution in [-0.2, 0) is 4.74 Å². The van der Waals surface area contributed by atoms with Gasteiger partial charge in [0.25, 0.3) is 0 Å². The maximum absolute atomic E-state index is 12.7. The second-order valence-electron chi connectivity index (χ2n) is 5.77. The zero-order valence-electron chi connectivity index (χ0n) is 15.1. The van der Waals surface area contributed by atoms with E-state index in [9.17, 15) is 19.7 Å². The summed E-state index contributed by atoms with van der Waals surface area (Å²) in [5.41, 5.74) is 1.87. The number of aryl methyl sites for hydroxylation is 2. The molecule has 0 aliphatic carbocycles. The minimum atomic E-state index is -1.03. The predicted octanol–water partition coefficient (Wildman–Crippen LogP) is 2.68. The number of H-pyrrole nitrogens is 1. The van der Waals surface area contributed by atoms with Crippen molar-refractivity contribution in [1.82, 2.24) is 9.97 Å². The molecule has 2 aromatic rings. The number of hydrogen-bond donors (Lipinski definition) is 1. The van der Waals surface area contributed by atoms with Crippen molar-refractivity contribution in [3.8, 4) is 5.75 Å². The number of pyridine rings is 1. The molecule has 0 radical (unpaired) electrons. The molecule has 2 heterocycles. The summed E-state index contributed by atoms with van der Waals surface area (Å²) in [7, 11) is 1.25. The van der Waals surface area contributed by atoms with Gasteiger partial charge >= 0.3 is 11.8 Å². The standard InChI is InChI=1S/C17H19N3O6/c1-8-6-7-12(16(18-8)20(23)24)26-11(4)15(21)14-9(2)13(10(3)19-14)17(22)25-5/h6-7,11,19H,1-5H3/t11-/m0/s1. The molecular weight excluding hydrogens is 342 g/mol. The number of carbonyl (C=O) groups excluding carboxylic acids is 2. The van der Waals surface area contributed by atoms with Crippen LogP contribution in [0.4, 0.5) is 5.82 Å². The van der Waals surface area contributed by atoms with Crippen LogP contribution in [0.5, 0.6) is 5.75 Å². The minimum absolute atomic E-state index is 0.101. The average Bonchev–Trinajstić information content (AvgIpc) is 2.89. The summed E-state index contributed by atoms with van der Waals surface area (Å²) in [6.07, 6.45) is -1.03. The third-order valence-electron chi connectivity index (χ3n) is 3.90. The van der Waals surface area contributed by atoms with Crippen molar-refractivity contribution < 1.29 is 24.0 Å². The highest BCUT2D eigenvalue weighted by Gasteiger charge is 2.28. The number of methoxy groups -OCH3 is 1. The Morgan fingerprint density at radius 1 is 1.27 bits per heavy atom. The van der Waals surface area contributed by atoms with E-state index in [1.54, 1.807) is 26.8 Å². The number of nitro groups is 1. The average molecular weight is 361 g/mol. The molecule has 2 rings (SSSR count). The molecule has 1 N–H and O–H groups in total. The fourth-order valence-electron chi connectivity index (χ4n) is 2.60. The number of hydrogen-bond acceptors (Lipinski definition) is 7. The van der Waals surface area contributed by atoms with Gasteiger partial charge in [0.2, 0.25) is 11.5 Å². The minimum Gasteiger partial charge on any atom is -0.474 e. The number of nitrogens with one attached hydrogen (secondary N) is 1. The summed E-state index contributed by atoms with van der Waals surface area (Å²) in [5, 5.41) is 11.1. The van der Waals surface area contributed by atoms with Crippen molar-refractivity contribution in [3.05, 3.63) is 50.5 Å². The van der Waals surface area contributed by atoms with E-state index in [-0.39, 0.29) is 17.0 Å². The molecule has 2 aromatic heterocycles. The Labute approximate surface area is 149 Å². The van der Waals surface area contributed by atoms with Gasteiger partial charge in [0.05, 0.1) is 18.4 Å². The summed E-state index contributed by atoms with van der Waals surface area (Å²) in [6.45, 7) is 6.35. The maximum Gasteiger partial charge on any atom is 0.406 e. The summed E-state index contributed by atoms with van der Waals surface area (Å²) < 4.78 is 10.2. The van der Waals surface area contributed by atoms with Crippen LogP contribution in [0.15, 0.2) is 12.1 Å². The maximum atomic E-state index is 12.7. The van der Waals surface area contributed by atoms with Crippen LogP contribution in [0.25, 0.3) is 0 Å². The van der Waals surface area contributed by atoms with Crippen LogP contribution in [0.2, 0.25) is 0 Å². The molecule has 0 fully saturated rings. The lowest BCUT2D eigenvalue weighted by Crippen LogP contribution is -2.25. The lowest BCUT2D eigenvalue weighted by atomic mass is 10.1. The number of carbonyl (C=O) groups is 2. The number of rotatable bonds is 6. The zero-order chi connectivity index (χ0) is 19.6. The Morgan fingerprint density at radius 2 is 1.92 bits per heavy atom. The number of aromatic nitrogens is 2. The van der Waals surface area contributed by atoms with E-state index in [4.69, 9.17) is 9.47 Å². The fourth-order valence-corrected chi connectivity index (χ4v) is 2.60. The Balaban J connectivity index is 2.32. The first kappa shape index (κ1) is 19.1. The lowest BCUT2D eigenvalue weighted by Gasteiger charge is -2.13. The zero-order valence-corrected chi connectivity index (χ0v) is 15.1. The van der Waals surface area contributed by atoms with Gasteiger partial charge in [-0.2, -0.15) is 0 Å². The van der Waals surface area contributed by atoms with E-state index in [2.05, 4.69) is 9.97 Å². The SMILES string of the molecule is COC(=O)c1c(C)[nH]c(C(=O)[C@H](C)Oc2ccc(C)nc2[N+](=O)[O-])c1C. The molecule has 26 heavy (non-hydrogen) atoms. The number of ketones is 1. The topological polar surface area (TPSA) is 124 Å². The van der Waals surface area contributed by atoms with Crippen molar-refractivity contribution in [2.24, 2.45) is 0 Å². The highest BCUT2D eigenvalue weighted by atomic mass is 16.6. The molecule has 0 saturated heterocycles. The smallest absolute Gasteiger partial charge is 0.406 e. The van der Waals surface area contributed by atoms with Crippen LogP contribution in [0.3, 0.4) is 0 Å². The highest BCUT2D eigenvalue weighted by Crippen LogP contribution is 2.27. The van der Waals surface area contributed by atoms with Crippen LogP contribution in [-0.4, -0.2) is 39.9 Å². The van der Waals surface area contributed by atoms with Gasteiger partial charge in [0, 0.05) is 12.6 Å². The number of esters is 1. The van der Waals surface area contributed by atoms with Crippen molar-refractivity contribution in [2.75, 3.05) is 7.11 Å². The van der Waals surface area contributed by atoms with Gasteiger partial charge in [-0.3, -0.25) is 4.79 Å². The van der Waals surface area contributed by atoms with Crippen molar-refractivity contribution in [2.45, 2.75) is 33.8 Å². The molecular formula is C17H19N3O6. The van der Waals surface area contributed by atoms with Gasteiger partial charge in [0.15, 0.2) is 6.10 Å². The van der Waals surface area contributed by atoms with Crippen LogP contribution in [0, 0.1) is 30.9 Å². The largest absolute Gasteiger partial charge is 0.474 e. The molecule has 0 unspecified atom stereocenters. The Hall–Kier alpha value is -3.23. The van der Waals surface area contributed by atoms with Gasteiger partial charge < -0.3 is 24.6 Å². The molecule has 1 atom stereocenters. The number of ether oxygens (including phenoxy) is 2. The first-order valence-electron chi connectivity index (χ1n) is 7.77. The van der Waals surface area contributed by atoms with E-state index in [0.29, 0.717) is 17.0 Å². The third kappa shape index (κ3) is 3.56. The van der Waals surface area contributed by atoms with Crippen LogP contribution in [0.1, 0.15) is 44.7 Å². The van der Waals surface area contributed by atoms with Gasteiger partial charge in [-0.25, -0.2) is 4.79 Å². The van der Waals surface area contributed by atoms with E-state index in [0.717, 1.165) is 0 Å². The van der Waals surface area contributed by atoms with Crippen molar-refractivity contribution >= 4 is 17.6 Å². The predicted molar refractivity (Wildman–Crippen MR) is 91.7 cm³/mol. The molecule has 0 aromatic carbocycles. The molecule has 0 bridgehead atoms. The van der Waals surface area contributed by atoms with E-state index < -0.39 is 28.6 Å². The monoisotopic (exact) mass is 361 g/mol. The summed E-state index contributed by atoms with van der Waals surface area (Å²) in [4.78, 5) is 41.7. The highest BCUT2D eigenvalue weighted by molar-refractivity contribution is 6.03. The summed E-state index contributed by atoms with van der Waals surface area (Å²) >= 11 is 0. The number of nitrogens with zero attached hydrogens (tertiary/aromatic N) is 2. The van der Waals surface area contributed by atoms with Crippen molar-refractivity contribution in [1.29, 1.82) is 0 Å². The number of aromatic amines is 1. The van der Waals surface area contributed by atoms with Gasteiger partial charge in [0.1, 0.15) is 5.69 Å². The molecule has 0 aliphatic rings. The summed E-state index contributed by atoms with van der Waals surface area (Å²) in [6, 6.07) is 2.95. The van der Waals surface area contributed by atoms with E-state index in [1.165, 1.54) is 20.1 Å². The Kier molecular flexibility index (Phi) is 5.39. The molecule has 138 valence electrons.